The molecule has 0 spiro atoms. The van der Waals surface area contributed by atoms with Crippen molar-refractivity contribution in [2.75, 3.05) is 26.4 Å². The number of hydrogen-bond acceptors (Lipinski definition) is 5. The van der Waals surface area contributed by atoms with Gasteiger partial charge in [-0.1, -0.05) is 97.1 Å². The maximum Gasteiger partial charge on any atom is 0.338 e. The van der Waals surface area contributed by atoms with Gasteiger partial charge < -0.3 is 14.2 Å². The molecule has 0 aliphatic carbocycles. The van der Waals surface area contributed by atoms with Gasteiger partial charge in [0.15, 0.2) is 0 Å². The molecule has 5 nitrogen and oxygen atoms in total. The fourth-order valence-corrected chi connectivity index (χ4v) is 3.71. The second-order valence-corrected chi connectivity index (χ2v) is 7.71. The molecule has 0 aromatic heterocycles. The molecule has 176 valence electrons. The molecule has 0 atom stereocenters. The highest BCUT2D eigenvalue weighted by atomic mass is 16.6. The van der Waals surface area contributed by atoms with Gasteiger partial charge in [0, 0.05) is 0 Å². The quantitative estimate of drug-likeness (QED) is 0.210. The van der Waals surface area contributed by atoms with Crippen molar-refractivity contribution in [2.24, 2.45) is 0 Å². The lowest BCUT2D eigenvalue weighted by Gasteiger charge is -2.11. The van der Waals surface area contributed by atoms with Crippen LogP contribution in [0.5, 0.6) is 0 Å². The molecule has 0 heterocycles. The van der Waals surface area contributed by atoms with Crippen molar-refractivity contribution < 1.29 is 23.8 Å². The molecule has 0 aliphatic rings. The molecule has 0 bridgehead atoms. The van der Waals surface area contributed by atoms with Crippen LogP contribution in [0, 0.1) is 0 Å². The van der Waals surface area contributed by atoms with Crippen LogP contribution in [0.3, 0.4) is 0 Å². The fraction of sp³-hybridized carbons (Fsp3) is 0.133. The van der Waals surface area contributed by atoms with Crippen LogP contribution < -0.4 is 0 Å². The first-order chi connectivity index (χ1) is 17.2. The second-order valence-electron chi connectivity index (χ2n) is 7.71. The minimum atomic E-state index is -0.406. The van der Waals surface area contributed by atoms with Gasteiger partial charge in [-0.15, -0.1) is 0 Å². The molecule has 0 aliphatic heterocycles. The van der Waals surface area contributed by atoms with Gasteiger partial charge in [-0.3, -0.25) is 0 Å². The minimum absolute atomic E-state index is 0.104. The van der Waals surface area contributed by atoms with Crippen LogP contribution >= 0.6 is 0 Å². The highest BCUT2D eigenvalue weighted by molar-refractivity contribution is 5.98. The largest absolute Gasteiger partial charge is 0.460 e. The Hall–Kier alpha value is -4.22. The number of esters is 2. The van der Waals surface area contributed by atoms with Crippen molar-refractivity contribution in [2.45, 2.75) is 0 Å². The summed E-state index contributed by atoms with van der Waals surface area (Å²) in [6.45, 7) is 0.619. The summed E-state index contributed by atoms with van der Waals surface area (Å²) < 4.78 is 16.2. The monoisotopic (exact) mass is 466 g/mol. The maximum atomic E-state index is 12.6. The lowest BCUT2D eigenvalue weighted by molar-refractivity contribution is 0.0152. The van der Waals surface area contributed by atoms with E-state index in [-0.39, 0.29) is 26.4 Å². The van der Waals surface area contributed by atoms with Crippen molar-refractivity contribution in [3.8, 4) is 22.3 Å². The zero-order valence-corrected chi connectivity index (χ0v) is 19.3. The van der Waals surface area contributed by atoms with Gasteiger partial charge in [-0.05, 0) is 34.4 Å². The van der Waals surface area contributed by atoms with Gasteiger partial charge in [0.1, 0.15) is 13.2 Å². The Balaban J connectivity index is 1.21. The summed E-state index contributed by atoms with van der Waals surface area (Å²) in [5.74, 6) is -0.811. The smallest absolute Gasteiger partial charge is 0.338 e. The van der Waals surface area contributed by atoms with Gasteiger partial charge in [-0.2, -0.15) is 0 Å². The molecule has 4 rings (SSSR count). The first-order valence-corrected chi connectivity index (χ1v) is 11.4. The van der Waals surface area contributed by atoms with E-state index in [2.05, 4.69) is 0 Å². The topological polar surface area (TPSA) is 61.8 Å². The highest BCUT2D eigenvalue weighted by Gasteiger charge is 2.15. The van der Waals surface area contributed by atoms with Crippen molar-refractivity contribution >= 4 is 11.9 Å². The van der Waals surface area contributed by atoms with E-state index in [1.807, 2.05) is 97.1 Å². The van der Waals surface area contributed by atoms with E-state index in [1.165, 1.54) is 0 Å². The van der Waals surface area contributed by atoms with E-state index in [0.717, 1.165) is 22.3 Å². The summed E-state index contributed by atoms with van der Waals surface area (Å²) in [4.78, 5) is 25.2. The zero-order chi connectivity index (χ0) is 24.3. The van der Waals surface area contributed by atoms with Crippen LogP contribution in [-0.4, -0.2) is 38.4 Å². The van der Waals surface area contributed by atoms with Crippen molar-refractivity contribution in [1.82, 2.24) is 0 Å². The van der Waals surface area contributed by atoms with Crippen LogP contribution in [0.1, 0.15) is 20.7 Å². The third kappa shape index (κ3) is 6.43. The average molecular weight is 467 g/mol. The normalized spacial score (nSPS) is 10.5. The molecular formula is C30H26O5. The molecule has 35 heavy (non-hydrogen) atoms. The molecule has 0 unspecified atom stereocenters. The van der Waals surface area contributed by atoms with E-state index in [1.54, 1.807) is 12.1 Å². The van der Waals surface area contributed by atoms with E-state index < -0.39 is 11.9 Å². The summed E-state index contributed by atoms with van der Waals surface area (Å²) in [6, 6.07) is 34.1. The Morgan fingerprint density at radius 1 is 0.457 bits per heavy atom. The second kappa shape index (κ2) is 12.3. The molecule has 0 saturated heterocycles. The SMILES string of the molecule is O=C(OCCOCCOC(=O)c1ccccc1-c1ccccc1)c1ccccc1-c1ccccc1. The molecule has 5 heteroatoms. The molecule has 4 aromatic carbocycles. The fourth-order valence-electron chi connectivity index (χ4n) is 3.71. The Kier molecular flexibility index (Phi) is 8.41. The molecule has 0 N–H and O–H groups in total. The Morgan fingerprint density at radius 3 is 1.26 bits per heavy atom. The summed E-state index contributed by atoms with van der Waals surface area (Å²) in [5.41, 5.74) is 4.55. The van der Waals surface area contributed by atoms with E-state index in [0.29, 0.717) is 11.1 Å². The molecular weight excluding hydrogens is 440 g/mol. The predicted molar refractivity (Wildman–Crippen MR) is 135 cm³/mol. The zero-order valence-electron chi connectivity index (χ0n) is 19.3. The summed E-state index contributed by atoms with van der Waals surface area (Å²) >= 11 is 0. The van der Waals surface area contributed by atoms with Crippen LogP contribution in [0.25, 0.3) is 22.3 Å². The molecule has 4 aromatic rings. The van der Waals surface area contributed by atoms with Crippen molar-refractivity contribution in [1.29, 1.82) is 0 Å². The Bertz CT molecular complexity index is 1150. The van der Waals surface area contributed by atoms with Gasteiger partial charge in [-0.25, -0.2) is 9.59 Å². The lowest BCUT2D eigenvalue weighted by Crippen LogP contribution is -2.15. The molecule has 0 amide bonds. The number of carbonyl (C=O) groups is 2. The standard InChI is InChI=1S/C30H26O5/c31-29(27-17-9-7-15-25(27)23-11-3-1-4-12-23)34-21-19-33-20-22-35-30(32)28-18-10-8-16-26(28)24-13-5-2-6-14-24/h1-18H,19-22H2. The van der Waals surface area contributed by atoms with E-state index in [9.17, 15) is 9.59 Å². The molecule has 0 radical (unpaired) electrons. The number of ether oxygens (including phenoxy) is 3. The van der Waals surface area contributed by atoms with Gasteiger partial charge in [0.25, 0.3) is 0 Å². The van der Waals surface area contributed by atoms with Gasteiger partial charge in [0.2, 0.25) is 0 Å². The highest BCUT2D eigenvalue weighted by Crippen LogP contribution is 2.25. The summed E-state index contributed by atoms with van der Waals surface area (Å²) in [5, 5.41) is 0. The van der Waals surface area contributed by atoms with E-state index in [4.69, 9.17) is 14.2 Å². The average Bonchev–Trinajstić information content (AvgIpc) is 2.93. The first kappa shape index (κ1) is 23.9. The maximum absolute atomic E-state index is 12.6. The van der Waals surface area contributed by atoms with Crippen molar-refractivity contribution in [3.05, 3.63) is 120 Å². The molecule has 0 saturated carbocycles. The number of benzene rings is 4. The van der Waals surface area contributed by atoms with Crippen LogP contribution in [0.2, 0.25) is 0 Å². The third-order valence-electron chi connectivity index (χ3n) is 5.39. The predicted octanol–water partition coefficient (Wildman–Crippen LogP) is 6.05. The molecule has 0 fully saturated rings. The van der Waals surface area contributed by atoms with Crippen LogP contribution in [0.15, 0.2) is 109 Å². The van der Waals surface area contributed by atoms with Crippen LogP contribution in [-0.2, 0) is 14.2 Å². The number of carbonyl (C=O) groups excluding carboxylic acids is 2. The Morgan fingerprint density at radius 2 is 0.829 bits per heavy atom. The van der Waals surface area contributed by atoms with Gasteiger partial charge in [0.05, 0.1) is 24.3 Å². The van der Waals surface area contributed by atoms with E-state index >= 15 is 0 Å². The first-order valence-electron chi connectivity index (χ1n) is 11.4. The number of hydrogen-bond donors (Lipinski definition) is 0. The Labute approximate surface area is 204 Å². The minimum Gasteiger partial charge on any atom is -0.460 e. The third-order valence-corrected chi connectivity index (χ3v) is 5.39. The van der Waals surface area contributed by atoms with Crippen molar-refractivity contribution in [3.63, 3.8) is 0 Å². The number of rotatable bonds is 10. The lowest BCUT2D eigenvalue weighted by atomic mass is 10.00. The van der Waals surface area contributed by atoms with Gasteiger partial charge >= 0.3 is 11.9 Å². The van der Waals surface area contributed by atoms with Crippen LogP contribution in [0.4, 0.5) is 0 Å². The summed E-state index contributed by atoms with van der Waals surface area (Å²) in [7, 11) is 0. The summed E-state index contributed by atoms with van der Waals surface area (Å²) in [6.07, 6.45) is 0.